The Hall–Kier alpha value is -2.44. The molecule has 1 saturated carbocycles. The van der Waals surface area contributed by atoms with Crippen molar-refractivity contribution < 1.29 is 31.9 Å². The molecule has 0 aromatic heterocycles. The number of halogens is 5. The van der Waals surface area contributed by atoms with Crippen molar-refractivity contribution in [2.24, 2.45) is 9.98 Å². The molecule has 1 fully saturated rings. The highest BCUT2D eigenvalue weighted by atomic mass is 35.5. The summed E-state index contributed by atoms with van der Waals surface area (Å²) in [6.07, 6.45) is -3.72. The van der Waals surface area contributed by atoms with E-state index in [2.05, 4.69) is 39.4 Å². The van der Waals surface area contributed by atoms with Gasteiger partial charge >= 0.3 is 6.36 Å². The summed E-state index contributed by atoms with van der Waals surface area (Å²) < 4.78 is 55.3. The van der Waals surface area contributed by atoms with Gasteiger partial charge in [0.25, 0.3) is 17.4 Å². The third-order valence-corrected chi connectivity index (χ3v) is 5.68. The molecule has 1 aliphatic carbocycles. The fraction of sp³-hybridized carbons (Fsp3) is 0.429. The van der Waals surface area contributed by atoms with E-state index >= 15 is 0 Å². The van der Waals surface area contributed by atoms with E-state index in [1.807, 2.05) is 0 Å². The Morgan fingerprint density at radius 1 is 1.32 bits per heavy atom. The number of anilines is 1. The molecule has 7 nitrogen and oxygen atoms in total. The largest absolute Gasteiger partial charge is 0.522 e. The molecule has 0 heterocycles. The monoisotopic (exact) mass is 522 g/mol. The first-order valence-corrected chi connectivity index (χ1v) is 10.8. The number of nitrogens with one attached hydrogen (secondary N) is 1. The summed E-state index contributed by atoms with van der Waals surface area (Å²) >= 11 is 9.67. The van der Waals surface area contributed by atoms with Crippen molar-refractivity contribution in [3.05, 3.63) is 36.0 Å². The fourth-order valence-electron chi connectivity index (χ4n) is 3.48. The molecule has 186 valence electrons. The van der Waals surface area contributed by atoms with E-state index in [9.17, 15) is 27.2 Å². The number of aliphatic imine (C=N–C) groups is 2. The zero-order chi connectivity index (χ0) is 25.7. The number of carbonyl (C=O) groups excluding carboxylic acids is 2. The predicted octanol–water partition coefficient (Wildman–Crippen LogP) is 4.07. The number of thiol groups is 1. The minimum atomic E-state index is -4.80. The van der Waals surface area contributed by atoms with E-state index in [1.54, 1.807) is 0 Å². The quantitative estimate of drug-likeness (QED) is 0.222. The van der Waals surface area contributed by atoms with Gasteiger partial charge < -0.3 is 5.32 Å². The standard InChI is InChI=1S/C21H23ClF4N4O3S/c1-20(12(10-27-2)11-28-3,19(32)29-13-8-15(9-13)33-21(24,25)26)30(18(31)17(22)23)14-4-6-16(34)7-5-14/h4-7,10-11,13,15,17,34H,2,8-9H2,1,3H3,(H,29,32)/b12-10+,28-11?/t13?,15?,17-,20+/m0/s1. The number of nitrogens with zero attached hydrogens (tertiary/aromatic N) is 3. The molecule has 2 rings (SSSR count). The number of alkyl halides is 5. The Balaban J connectivity index is 2.50. The van der Waals surface area contributed by atoms with Crippen molar-refractivity contribution in [2.75, 3.05) is 11.9 Å². The Morgan fingerprint density at radius 2 is 1.91 bits per heavy atom. The van der Waals surface area contributed by atoms with Gasteiger partial charge in [0.2, 0.25) is 0 Å². The van der Waals surface area contributed by atoms with Crippen LogP contribution in [0.1, 0.15) is 19.8 Å². The van der Waals surface area contributed by atoms with Crippen molar-refractivity contribution in [3.8, 4) is 0 Å². The molecular formula is C21H23ClF4N4O3S. The Bertz CT molecular complexity index is 966. The molecular weight excluding hydrogens is 500 g/mol. The molecule has 13 heteroatoms. The SMILES string of the molecule is C=N/C=C(\C=NC)[C@](C)(C(=O)NC1CC(OC(F)(F)F)C1)N(C(=O)[C@H](F)Cl)c1ccc(S)cc1. The van der Waals surface area contributed by atoms with Crippen LogP contribution in [0.2, 0.25) is 0 Å². The lowest BCUT2D eigenvalue weighted by atomic mass is 9.85. The van der Waals surface area contributed by atoms with Gasteiger partial charge in [-0.3, -0.25) is 29.2 Å². The van der Waals surface area contributed by atoms with E-state index in [0.29, 0.717) is 4.90 Å². The number of amides is 2. The van der Waals surface area contributed by atoms with Crippen LogP contribution < -0.4 is 10.2 Å². The lowest BCUT2D eigenvalue weighted by Gasteiger charge is -2.43. The third-order valence-electron chi connectivity index (χ3n) is 5.20. The van der Waals surface area contributed by atoms with E-state index in [1.165, 1.54) is 44.5 Å². The van der Waals surface area contributed by atoms with Gasteiger partial charge in [0.15, 0.2) is 5.54 Å². The predicted molar refractivity (Wildman–Crippen MR) is 124 cm³/mol. The molecule has 34 heavy (non-hydrogen) atoms. The second-order valence-electron chi connectivity index (χ2n) is 7.54. The van der Waals surface area contributed by atoms with Gasteiger partial charge in [0.1, 0.15) is 0 Å². The fourth-order valence-corrected chi connectivity index (χ4v) is 3.73. The maximum Gasteiger partial charge on any atom is 0.522 e. The van der Waals surface area contributed by atoms with Crippen LogP contribution in [0.5, 0.6) is 0 Å². The van der Waals surface area contributed by atoms with Gasteiger partial charge in [-0.05, 0) is 50.7 Å². The van der Waals surface area contributed by atoms with Crippen molar-refractivity contribution in [1.82, 2.24) is 5.32 Å². The van der Waals surface area contributed by atoms with Crippen LogP contribution in [-0.4, -0.2) is 61.5 Å². The molecule has 0 spiro atoms. The molecule has 0 aliphatic heterocycles. The molecule has 1 aliphatic rings. The van der Waals surface area contributed by atoms with Crippen molar-refractivity contribution in [3.63, 3.8) is 0 Å². The van der Waals surface area contributed by atoms with Gasteiger partial charge in [-0.15, -0.1) is 25.8 Å². The lowest BCUT2D eigenvalue weighted by molar-refractivity contribution is -0.351. The molecule has 1 aromatic rings. The van der Waals surface area contributed by atoms with Gasteiger partial charge in [-0.1, -0.05) is 11.6 Å². The van der Waals surface area contributed by atoms with Gasteiger partial charge in [0, 0.05) is 41.7 Å². The molecule has 2 amide bonds. The smallest absolute Gasteiger partial charge is 0.351 e. The van der Waals surface area contributed by atoms with Crippen LogP contribution in [-0.2, 0) is 14.3 Å². The zero-order valence-electron chi connectivity index (χ0n) is 18.2. The van der Waals surface area contributed by atoms with Crippen molar-refractivity contribution in [2.45, 2.75) is 54.3 Å². The number of ether oxygens (including phenoxy) is 1. The van der Waals surface area contributed by atoms with Crippen molar-refractivity contribution >= 4 is 54.7 Å². The second-order valence-corrected chi connectivity index (χ2v) is 8.44. The Labute approximate surface area is 204 Å². The molecule has 0 saturated heterocycles. The molecule has 1 aromatic carbocycles. The first-order valence-electron chi connectivity index (χ1n) is 9.88. The third kappa shape index (κ3) is 6.57. The highest BCUT2D eigenvalue weighted by molar-refractivity contribution is 7.80. The summed E-state index contributed by atoms with van der Waals surface area (Å²) in [5, 5.41) is 2.60. The number of rotatable bonds is 9. The van der Waals surface area contributed by atoms with Crippen LogP contribution >= 0.6 is 24.2 Å². The number of benzene rings is 1. The van der Waals surface area contributed by atoms with Crippen LogP contribution in [0.25, 0.3) is 0 Å². The van der Waals surface area contributed by atoms with E-state index in [0.717, 1.165) is 11.1 Å². The average molecular weight is 523 g/mol. The van der Waals surface area contributed by atoms with Gasteiger partial charge in [-0.25, -0.2) is 4.39 Å². The summed E-state index contributed by atoms with van der Waals surface area (Å²) in [6, 6.07) is 5.23. The molecule has 2 atom stereocenters. The molecule has 0 unspecified atom stereocenters. The zero-order valence-corrected chi connectivity index (χ0v) is 19.9. The number of hydrogen-bond donors (Lipinski definition) is 2. The average Bonchev–Trinajstić information content (AvgIpc) is 2.72. The summed E-state index contributed by atoms with van der Waals surface area (Å²) in [7, 11) is 1.40. The summed E-state index contributed by atoms with van der Waals surface area (Å²) in [4.78, 5) is 35.4. The summed E-state index contributed by atoms with van der Waals surface area (Å²) in [5.74, 6) is -2.07. The number of carbonyl (C=O) groups is 2. The van der Waals surface area contributed by atoms with Crippen molar-refractivity contribution in [1.29, 1.82) is 0 Å². The first kappa shape index (κ1) is 27.8. The van der Waals surface area contributed by atoms with E-state index in [-0.39, 0.29) is 24.1 Å². The highest BCUT2D eigenvalue weighted by Gasteiger charge is 2.49. The Morgan fingerprint density at radius 3 is 2.38 bits per heavy atom. The van der Waals surface area contributed by atoms with Crippen LogP contribution in [0, 0.1) is 0 Å². The van der Waals surface area contributed by atoms with Crippen LogP contribution in [0.3, 0.4) is 0 Å². The maximum absolute atomic E-state index is 14.1. The summed E-state index contributed by atoms with van der Waals surface area (Å²) in [6.45, 7) is 4.67. The lowest BCUT2D eigenvalue weighted by Crippen LogP contribution is -2.64. The van der Waals surface area contributed by atoms with Crippen LogP contribution in [0.15, 0.2) is 50.9 Å². The van der Waals surface area contributed by atoms with E-state index in [4.69, 9.17) is 11.6 Å². The number of hydrogen-bond acceptors (Lipinski definition) is 6. The van der Waals surface area contributed by atoms with Gasteiger partial charge in [0.05, 0.1) is 6.10 Å². The minimum Gasteiger partial charge on any atom is -0.351 e. The second kappa shape index (κ2) is 11.3. The molecule has 1 N–H and O–H groups in total. The first-order chi connectivity index (χ1) is 15.8. The maximum atomic E-state index is 14.1. The molecule has 0 radical (unpaired) electrons. The molecule has 0 bridgehead atoms. The highest BCUT2D eigenvalue weighted by Crippen LogP contribution is 2.35. The normalized spacial score (nSPS) is 21.4. The van der Waals surface area contributed by atoms with E-state index < -0.39 is 41.5 Å². The topological polar surface area (TPSA) is 83.4 Å². The minimum absolute atomic E-state index is 0.0468. The van der Waals surface area contributed by atoms with Crippen LogP contribution in [0.4, 0.5) is 23.2 Å². The van der Waals surface area contributed by atoms with Gasteiger partial charge in [-0.2, -0.15) is 0 Å². The Kier molecular flexibility index (Phi) is 9.26. The summed E-state index contributed by atoms with van der Waals surface area (Å²) in [5.41, 5.74) is -4.32.